The Morgan fingerprint density at radius 3 is 2.72 bits per heavy atom. The zero-order chi connectivity index (χ0) is 17.8. The van der Waals surface area contributed by atoms with E-state index in [0.29, 0.717) is 23.7 Å². The summed E-state index contributed by atoms with van der Waals surface area (Å²) in [5.41, 5.74) is 3.69. The molecular formula is C20H21N3O2. The summed E-state index contributed by atoms with van der Waals surface area (Å²) in [6.07, 6.45) is 0.590. The predicted molar refractivity (Wildman–Crippen MR) is 96.3 cm³/mol. The Hall–Kier alpha value is -2.95. The van der Waals surface area contributed by atoms with Crippen LogP contribution in [0.2, 0.25) is 0 Å². The molecule has 0 bridgehead atoms. The predicted octanol–water partition coefficient (Wildman–Crippen LogP) is 3.77. The summed E-state index contributed by atoms with van der Waals surface area (Å²) in [4.78, 5) is 16.6. The first-order valence-electron chi connectivity index (χ1n) is 8.31. The first-order chi connectivity index (χ1) is 12.0. The molecule has 0 saturated heterocycles. The maximum Gasteiger partial charge on any atom is 0.251 e. The van der Waals surface area contributed by atoms with Crippen LogP contribution in [0.1, 0.15) is 41.2 Å². The molecule has 25 heavy (non-hydrogen) atoms. The van der Waals surface area contributed by atoms with Crippen LogP contribution in [-0.4, -0.2) is 22.1 Å². The fraction of sp³-hybridized carbons (Fsp3) is 0.250. The second-order valence-electron chi connectivity index (χ2n) is 6.32. The van der Waals surface area contributed by atoms with Gasteiger partial charge in [-0.25, -0.2) is 0 Å². The minimum Gasteiger partial charge on any atom is -0.350 e. The monoisotopic (exact) mass is 335 g/mol. The van der Waals surface area contributed by atoms with Crippen LogP contribution in [0.4, 0.5) is 0 Å². The molecule has 0 radical (unpaired) electrons. The van der Waals surface area contributed by atoms with Gasteiger partial charge in [-0.1, -0.05) is 41.6 Å². The summed E-state index contributed by atoms with van der Waals surface area (Å²) in [5.74, 6) is 0.935. The normalized spacial score (nSPS) is 10.9. The van der Waals surface area contributed by atoms with Crippen molar-refractivity contribution in [3.63, 3.8) is 0 Å². The average Bonchev–Trinajstić information content (AvgIpc) is 3.05. The molecule has 0 fully saturated rings. The standard InChI is InChI=1S/C20H21N3O2/c1-13(2)21-20(24)17-10-6-9-16(11-17)19-22-18(25-23-19)12-15-8-5-4-7-14(15)3/h4-11,13H,12H2,1-3H3,(H,21,24). The molecule has 1 N–H and O–H groups in total. The Morgan fingerprint density at radius 1 is 1.16 bits per heavy atom. The van der Waals surface area contributed by atoms with Crippen molar-refractivity contribution in [3.05, 3.63) is 71.1 Å². The quantitative estimate of drug-likeness (QED) is 0.770. The Balaban J connectivity index is 1.80. The fourth-order valence-corrected chi connectivity index (χ4v) is 2.56. The molecule has 3 rings (SSSR count). The van der Waals surface area contributed by atoms with E-state index in [9.17, 15) is 4.79 Å². The minimum atomic E-state index is -0.111. The second-order valence-corrected chi connectivity index (χ2v) is 6.32. The average molecular weight is 335 g/mol. The van der Waals surface area contributed by atoms with Crippen molar-refractivity contribution in [2.24, 2.45) is 0 Å². The molecule has 128 valence electrons. The third-order valence-electron chi connectivity index (χ3n) is 3.87. The van der Waals surface area contributed by atoms with Gasteiger partial charge < -0.3 is 9.84 Å². The van der Waals surface area contributed by atoms with Crippen LogP contribution in [0.25, 0.3) is 11.4 Å². The maximum absolute atomic E-state index is 12.1. The van der Waals surface area contributed by atoms with Gasteiger partial charge >= 0.3 is 0 Å². The van der Waals surface area contributed by atoms with Crippen molar-refractivity contribution in [2.75, 3.05) is 0 Å². The largest absolute Gasteiger partial charge is 0.350 e. The van der Waals surface area contributed by atoms with Gasteiger partial charge in [0.05, 0.1) is 6.42 Å². The molecule has 2 aromatic carbocycles. The molecule has 5 heteroatoms. The van der Waals surface area contributed by atoms with Gasteiger partial charge in [0.25, 0.3) is 5.91 Å². The number of amides is 1. The van der Waals surface area contributed by atoms with Gasteiger partial charge in [-0.2, -0.15) is 4.98 Å². The van der Waals surface area contributed by atoms with Gasteiger partial charge in [0.1, 0.15) is 0 Å². The van der Waals surface area contributed by atoms with Gasteiger partial charge in [0.15, 0.2) is 0 Å². The van der Waals surface area contributed by atoms with Crippen molar-refractivity contribution < 1.29 is 9.32 Å². The van der Waals surface area contributed by atoms with E-state index in [0.717, 1.165) is 11.1 Å². The van der Waals surface area contributed by atoms with Gasteiger partial charge in [-0.05, 0) is 44.0 Å². The molecule has 3 aromatic rings. The van der Waals surface area contributed by atoms with E-state index in [4.69, 9.17) is 4.52 Å². The summed E-state index contributed by atoms with van der Waals surface area (Å²) >= 11 is 0. The SMILES string of the molecule is Cc1ccccc1Cc1nc(-c2cccc(C(=O)NC(C)C)c2)no1. The molecule has 0 atom stereocenters. The number of carbonyl (C=O) groups excluding carboxylic acids is 1. The zero-order valence-electron chi connectivity index (χ0n) is 14.6. The van der Waals surface area contributed by atoms with Crippen LogP contribution in [0.3, 0.4) is 0 Å². The number of hydrogen-bond acceptors (Lipinski definition) is 4. The number of aromatic nitrogens is 2. The Bertz CT molecular complexity index is 884. The molecule has 0 aliphatic carbocycles. The lowest BCUT2D eigenvalue weighted by molar-refractivity contribution is 0.0943. The highest BCUT2D eigenvalue weighted by Gasteiger charge is 2.13. The Morgan fingerprint density at radius 2 is 1.96 bits per heavy atom. The topological polar surface area (TPSA) is 68.0 Å². The number of rotatable bonds is 5. The lowest BCUT2D eigenvalue weighted by Gasteiger charge is -2.08. The van der Waals surface area contributed by atoms with E-state index >= 15 is 0 Å². The summed E-state index contributed by atoms with van der Waals surface area (Å²) in [5, 5.41) is 6.93. The molecule has 1 amide bonds. The highest BCUT2D eigenvalue weighted by atomic mass is 16.5. The summed E-state index contributed by atoms with van der Waals surface area (Å²) in [6.45, 7) is 5.92. The lowest BCUT2D eigenvalue weighted by Crippen LogP contribution is -2.30. The van der Waals surface area contributed by atoms with Gasteiger partial charge in [-0.3, -0.25) is 4.79 Å². The first kappa shape index (κ1) is 16.9. The summed E-state index contributed by atoms with van der Waals surface area (Å²) < 4.78 is 5.38. The summed E-state index contributed by atoms with van der Waals surface area (Å²) in [6, 6.07) is 15.4. The number of nitrogens with zero attached hydrogens (tertiary/aromatic N) is 2. The van der Waals surface area contributed by atoms with Crippen molar-refractivity contribution in [2.45, 2.75) is 33.2 Å². The maximum atomic E-state index is 12.1. The molecule has 0 aliphatic heterocycles. The van der Waals surface area contributed by atoms with Gasteiger partial charge in [0.2, 0.25) is 11.7 Å². The van der Waals surface area contributed by atoms with Crippen LogP contribution >= 0.6 is 0 Å². The number of hydrogen-bond donors (Lipinski definition) is 1. The minimum absolute atomic E-state index is 0.0852. The van der Waals surface area contributed by atoms with Crippen LogP contribution < -0.4 is 5.32 Å². The zero-order valence-corrected chi connectivity index (χ0v) is 14.6. The smallest absolute Gasteiger partial charge is 0.251 e. The van der Waals surface area contributed by atoms with E-state index in [-0.39, 0.29) is 11.9 Å². The number of benzene rings is 2. The molecule has 0 spiro atoms. The first-order valence-corrected chi connectivity index (χ1v) is 8.31. The second kappa shape index (κ2) is 7.30. The van der Waals surface area contributed by atoms with E-state index in [1.54, 1.807) is 12.1 Å². The molecule has 0 unspecified atom stereocenters. The Kier molecular flexibility index (Phi) is 4.93. The molecule has 1 heterocycles. The van der Waals surface area contributed by atoms with Gasteiger partial charge in [0, 0.05) is 17.2 Å². The van der Waals surface area contributed by atoms with Crippen molar-refractivity contribution in [3.8, 4) is 11.4 Å². The van der Waals surface area contributed by atoms with Gasteiger partial charge in [-0.15, -0.1) is 0 Å². The third kappa shape index (κ3) is 4.12. The fourth-order valence-electron chi connectivity index (χ4n) is 2.56. The highest BCUT2D eigenvalue weighted by molar-refractivity contribution is 5.95. The molecule has 1 aromatic heterocycles. The van der Waals surface area contributed by atoms with Crippen molar-refractivity contribution in [1.29, 1.82) is 0 Å². The molecule has 0 saturated carbocycles. The highest BCUT2D eigenvalue weighted by Crippen LogP contribution is 2.19. The lowest BCUT2D eigenvalue weighted by atomic mass is 10.1. The number of carbonyl (C=O) groups is 1. The van der Waals surface area contributed by atoms with E-state index in [2.05, 4.69) is 34.5 Å². The van der Waals surface area contributed by atoms with Crippen LogP contribution in [0.15, 0.2) is 53.1 Å². The van der Waals surface area contributed by atoms with E-state index in [1.807, 2.05) is 38.1 Å². The van der Waals surface area contributed by atoms with Crippen molar-refractivity contribution in [1.82, 2.24) is 15.5 Å². The van der Waals surface area contributed by atoms with E-state index < -0.39 is 0 Å². The molecule has 5 nitrogen and oxygen atoms in total. The number of nitrogens with one attached hydrogen (secondary N) is 1. The van der Waals surface area contributed by atoms with E-state index in [1.165, 1.54) is 5.56 Å². The van der Waals surface area contributed by atoms with Crippen LogP contribution in [0.5, 0.6) is 0 Å². The number of aryl methyl sites for hydroxylation is 1. The molecular weight excluding hydrogens is 314 g/mol. The van der Waals surface area contributed by atoms with Crippen LogP contribution in [0, 0.1) is 6.92 Å². The summed E-state index contributed by atoms with van der Waals surface area (Å²) in [7, 11) is 0. The Labute approximate surface area is 147 Å². The third-order valence-corrected chi connectivity index (χ3v) is 3.87. The van der Waals surface area contributed by atoms with Crippen molar-refractivity contribution >= 4 is 5.91 Å². The molecule has 0 aliphatic rings. The van der Waals surface area contributed by atoms with Crippen LogP contribution in [-0.2, 0) is 6.42 Å².